The molecule has 1 unspecified atom stereocenters. The monoisotopic (exact) mass is 561 g/mol. The van der Waals surface area contributed by atoms with Gasteiger partial charge in [0, 0.05) is 32.2 Å². The molecule has 0 aromatic heterocycles. The van der Waals surface area contributed by atoms with Gasteiger partial charge in [0.1, 0.15) is 11.6 Å². The van der Waals surface area contributed by atoms with Gasteiger partial charge in [-0.25, -0.2) is 34.2 Å². The van der Waals surface area contributed by atoms with E-state index >= 15 is 0 Å². The highest BCUT2D eigenvalue weighted by atomic mass is 32.2. The lowest BCUT2D eigenvalue weighted by Gasteiger charge is -2.40. The van der Waals surface area contributed by atoms with E-state index in [9.17, 15) is 25.6 Å². The summed E-state index contributed by atoms with van der Waals surface area (Å²) in [6, 6.07) is 3.77. The summed E-state index contributed by atoms with van der Waals surface area (Å²) in [5.41, 5.74) is 0.669. The highest BCUT2D eigenvalue weighted by Gasteiger charge is 2.34. The van der Waals surface area contributed by atoms with Crippen LogP contribution in [-0.4, -0.2) is 88.7 Å². The van der Waals surface area contributed by atoms with E-state index in [1.807, 2.05) is 0 Å². The highest BCUT2D eigenvalue weighted by molar-refractivity contribution is 7.88. The third-order valence-electron chi connectivity index (χ3n) is 8.87. The molecule has 1 aromatic rings. The van der Waals surface area contributed by atoms with Crippen LogP contribution >= 0.6 is 0 Å². The smallest absolute Gasteiger partial charge is 0.211 e. The fourth-order valence-corrected chi connectivity index (χ4v) is 8.47. The van der Waals surface area contributed by atoms with Gasteiger partial charge in [-0.05, 0) is 106 Å². The second kappa shape index (κ2) is 11.9. The molecule has 7 nitrogen and oxygen atoms in total. The van der Waals surface area contributed by atoms with Gasteiger partial charge in [-0.15, -0.1) is 0 Å². The molecule has 0 spiro atoms. The van der Waals surface area contributed by atoms with Crippen LogP contribution in [0.1, 0.15) is 56.4 Å². The van der Waals surface area contributed by atoms with Crippen molar-refractivity contribution in [1.82, 2.24) is 13.5 Å². The Labute approximate surface area is 221 Å². The molecule has 3 aliphatic heterocycles. The van der Waals surface area contributed by atoms with Crippen LogP contribution < -0.4 is 0 Å². The highest BCUT2D eigenvalue weighted by Crippen LogP contribution is 2.38. The molecular weight excluding hydrogens is 520 g/mol. The van der Waals surface area contributed by atoms with Crippen molar-refractivity contribution in [1.29, 1.82) is 0 Å². The number of sulfonamides is 2. The molecule has 0 bridgehead atoms. The summed E-state index contributed by atoms with van der Waals surface area (Å²) < 4.78 is 78.8. The zero-order valence-electron chi connectivity index (χ0n) is 22.0. The van der Waals surface area contributed by atoms with Crippen molar-refractivity contribution in [2.75, 3.05) is 58.3 Å². The lowest BCUT2D eigenvalue weighted by atomic mass is 9.77. The average Bonchev–Trinajstić information content (AvgIpc) is 2.83. The largest absolute Gasteiger partial charge is 0.303 e. The number of nitrogens with zero attached hydrogens (tertiary/aromatic N) is 3. The van der Waals surface area contributed by atoms with Gasteiger partial charge in [0.15, 0.2) is 0 Å². The first-order valence-corrected chi connectivity index (χ1v) is 17.2. The summed E-state index contributed by atoms with van der Waals surface area (Å²) in [4.78, 5) is 2.44. The lowest BCUT2D eigenvalue weighted by Crippen LogP contribution is -2.43. The van der Waals surface area contributed by atoms with Gasteiger partial charge >= 0.3 is 0 Å². The zero-order valence-corrected chi connectivity index (χ0v) is 23.6. The van der Waals surface area contributed by atoms with Crippen LogP contribution in [0.25, 0.3) is 0 Å². The molecule has 0 radical (unpaired) electrons. The molecule has 37 heavy (non-hydrogen) atoms. The zero-order chi connectivity index (χ0) is 26.8. The van der Waals surface area contributed by atoms with Crippen molar-refractivity contribution in [3.8, 4) is 0 Å². The van der Waals surface area contributed by atoms with Crippen molar-refractivity contribution in [2.45, 2.75) is 50.9 Å². The minimum atomic E-state index is -3.23. The van der Waals surface area contributed by atoms with Crippen molar-refractivity contribution in [3.05, 3.63) is 35.4 Å². The molecule has 210 valence electrons. The molecule has 1 atom stereocenters. The van der Waals surface area contributed by atoms with E-state index in [2.05, 4.69) is 4.90 Å². The van der Waals surface area contributed by atoms with Gasteiger partial charge in [-0.1, -0.05) is 0 Å². The molecule has 1 aromatic carbocycles. The molecule has 0 amide bonds. The molecule has 4 rings (SSSR count). The Morgan fingerprint density at radius 1 is 0.730 bits per heavy atom. The van der Waals surface area contributed by atoms with Crippen molar-refractivity contribution in [3.63, 3.8) is 0 Å². The van der Waals surface area contributed by atoms with Crippen LogP contribution in [-0.2, 0) is 20.0 Å². The average molecular weight is 562 g/mol. The van der Waals surface area contributed by atoms with Crippen LogP contribution in [0.15, 0.2) is 18.2 Å². The van der Waals surface area contributed by atoms with Crippen molar-refractivity contribution >= 4 is 20.0 Å². The summed E-state index contributed by atoms with van der Waals surface area (Å²) in [5.74, 6) is 0.198. The third kappa shape index (κ3) is 7.71. The SMILES string of the molecule is CS(=O)(=O)N1CCC(C2CCN(CCC(c3cc(F)cc(F)c3)C3CCN(S(C)(=O)=O)CC3)CC2)CC1. The summed E-state index contributed by atoms with van der Waals surface area (Å²) in [7, 11) is -6.34. The number of benzene rings is 1. The summed E-state index contributed by atoms with van der Waals surface area (Å²) in [6.07, 6.45) is 8.70. The maximum atomic E-state index is 14.1. The Balaban J connectivity index is 1.33. The van der Waals surface area contributed by atoms with Gasteiger partial charge in [0.25, 0.3) is 0 Å². The van der Waals surface area contributed by atoms with E-state index in [0.717, 1.165) is 57.8 Å². The first kappa shape index (κ1) is 28.9. The van der Waals surface area contributed by atoms with Crippen LogP contribution in [0, 0.1) is 29.4 Å². The number of hydrogen-bond acceptors (Lipinski definition) is 5. The molecule has 11 heteroatoms. The summed E-state index contributed by atoms with van der Waals surface area (Å²) in [5, 5.41) is 0. The van der Waals surface area contributed by atoms with Gasteiger partial charge in [0.05, 0.1) is 12.5 Å². The number of hydrogen-bond donors (Lipinski definition) is 0. The van der Waals surface area contributed by atoms with E-state index < -0.39 is 31.7 Å². The number of likely N-dealkylation sites (tertiary alicyclic amines) is 1. The van der Waals surface area contributed by atoms with E-state index in [1.54, 1.807) is 4.31 Å². The van der Waals surface area contributed by atoms with Crippen molar-refractivity contribution < 1.29 is 25.6 Å². The van der Waals surface area contributed by atoms with Crippen LogP contribution in [0.3, 0.4) is 0 Å². The molecular formula is C26H41F2N3O4S2. The second-order valence-corrected chi connectivity index (χ2v) is 15.2. The predicted molar refractivity (Wildman–Crippen MR) is 141 cm³/mol. The molecule has 0 saturated carbocycles. The standard InChI is InChI=1S/C26H41F2N3O4S2/c1-36(32,33)30-13-5-21(6-14-30)20-3-10-29(11-4-20)12-9-26(23-17-24(27)19-25(28)18-23)22-7-15-31(16-8-22)37(2,34)35/h17-22,26H,3-16H2,1-2H3. The van der Waals surface area contributed by atoms with Gasteiger partial charge in [0.2, 0.25) is 20.0 Å². The topological polar surface area (TPSA) is 78.0 Å². The molecule has 3 aliphatic rings. The van der Waals surface area contributed by atoms with E-state index in [4.69, 9.17) is 0 Å². The summed E-state index contributed by atoms with van der Waals surface area (Å²) >= 11 is 0. The van der Waals surface area contributed by atoms with E-state index in [1.165, 1.54) is 28.9 Å². The minimum absolute atomic E-state index is 0.0232. The predicted octanol–water partition coefficient (Wildman–Crippen LogP) is 3.49. The van der Waals surface area contributed by atoms with Gasteiger partial charge in [-0.3, -0.25) is 0 Å². The maximum absolute atomic E-state index is 14.1. The van der Waals surface area contributed by atoms with Crippen LogP contribution in [0.5, 0.6) is 0 Å². The lowest BCUT2D eigenvalue weighted by molar-refractivity contribution is 0.112. The fraction of sp³-hybridized carbons (Fsp3) is 0.769. The Morgan fingerprint density at radius 2 is 1.16 bits per heavy atom. The summed E-state index contributed by atoms with van der Waals surface area (Å²) in [6.45, 7) is 4.93. The molecule has 3 heterocycles. The van der Waals surface area contributed by atoms with Crippen LogP contribution in [0.2, 0.25) is 0 Å². The number of piperidine rings is 3. The normalized spacial score (nSPS) is 23.9. The molecule has 3 fully saturated rings. The quantitative estimate of drug-likeness (QED) is 0.486. The Morgan fingerprint density at radius 3 is 1.62 bits per heavy atom. The Hall–Kier alpha value is -1.14. The van der Waals surface area contributed by atoms with Gasteiger partial charge in [-0.2, -0.15) is 0 Å². The number of halogens is 2. The van der Waals surface area contributed by atoms with Gasteiger partial charge < -0.3 is 4.90 Å². The second-order valence-electron chi connectivity index (χ2n) is 11.3. The Kier molecular flexibility index (Phi) is 9.31. The molecule has 0 aliphatic carbocycles. The van der Waals surface area contributed by atoms with E-state index in [-0.39, 0.29) is 11.8 Å². The fourth-order valence-electron chi connectivity index (χ4n) is 6.72. The first-order chi connectivity index (χ1) is 17.4. The van der Waals surface area contributed by atoms with Crippen LogP contribution in [0.4, 0.5) is 8.78 Å². The number of rotatable bonds is 8. The first-order valence-electron chi connectivity index (χ1n) is 13.5. The molecule has 0 N–H and O–H groups in total. The Bertz CT molecular complexity index is 1100. The molecule has 3 saturated heterocycles. The van der Waals surface area contributed by atoms with E-state index in [0.29, 0.717) is 56.4 Å². The minimum Gasteiger partial charge on any atom is -0.303 e. The maximum Gasteiger partial charge on any atom is 0.211 e. The van der Waals surface area contributed by atoms with Crippen molar-refractivity contribution in [2.24, 2.45) is 17.8 Å². The third-order valence-corrected chi connectivity index (χ3v) is 11.5.